The van der Waals surface area contributed by atoms with Gasteiger partial charge >= 0.3 is 0 Å². The fraction of sp³-hybridized carbons (Fsp3) is 0.250. The molecule has 1 saturated heterocycles. The van der Waals surface area contributed by atoms with Crippen molar-refractivity contribution in [2.24, 2.45) is 0 Å². The Labute approximate surface area is 129 Å². The second kappa shape index (κ2) is 6.58. The summed E-state index contributed by atoms with van der Waals surface area (Å²) in [5.41, 5.74) is 0.895. The van der Waals surface area contributed by atoms with E-state index in [-0.39, 0.29) is 18.1 Å². The molecule has 1 fully saturated rings. The third-order valence-corrected chi connectivity index (χ3v) is 4.61. The van der Waals surface area contributed by atoms with Crippen molar-refractivity contribution >= 4 is 10.1 Å². The summed E-state index contributed by atoms with van der Waals surface area (Å²) in [7, 11) is -3.80. The Balaban J connectivity index is 1.61. The number of hydrogen-bond acceptors (Lipinski definition) is 5. The summed E-state index contributed by atoms with van der Waals surface area (Å²) in [4.78, 5) is 0.125. The van der Waals surface area contributed by atoms with Crippen LogP contribution >= 0.6 is 0 Å². The topological polar surface area (TPSA) is 61.8 Å². The zero-order valence-corrected chi connectivity index (χ0v) is 12.6. The molecule has 0 spiro atoms. The number of benzene rings is 2. The van der Waals surface area contributed by atoms with Crippen molar-refractivity contribution in [1.82, 2.24) is 0 Å². The minimum atomic E-state index is -3.80. The molecule has 0 N–H and O–H groups in total. The van der Waals surface area contributed by atoms with Crippen LogP contribution in [0.4, 0.5) is 0 Å². The first-order chi connectivity index (χ1) is 10.6. The van der Waals surface area contributed by atoms with Crippen molar-refractivity contribution in [3.05, 3.63) is 66.2 Å². The Morgan fingerprint density at radius 2 is 1.41 bits per heavy atom. The zero-order chi connectivity index (χ0) is 15.4. The molecule has 1 aliphatic heterocycles. The van der Waals surface area contributed by atoms with Gasteiger partial charge in [0.1, 0.15) is 6.10 Å². The molecule has 0 aliphatic carbocycles. The summed E-state index contributed by atoms with van der Waals surface area (Å²) in [5, 5.41) is 0. The van der Waals surface area contributed by atoms with Gasteiger partial charge in [-0.2, -0.15) is 8.42 Å². The van der Waals surface area contributed by atoms with E-state index in [9.17, 15) is 8.42 Å². The van der Waals surface area contributed by atoms with Crippen molar-refractivity contribution in [2.45, 2.75) is 17.3 Å². The highest BCUT2D eigenvalue weighted by molar-refractivity contribution is 7.86. The van der Waals surface area contributed by atoms with Gasteiger partial charge in [-0.25, -0.2) is 0 Å². The highest BCUT2D eigenvalue weighted by atomic mass is 32.2. The maximum absolute atomic E-state index is 12.1. The first kappa shape index (κ1) is 15.2. The smallest absolute Gasteiger partial charge is 0.297 e. The van der Waals surface area contributed by atoms with Gasteiger partial charge in [-0.05, 0) is 12.1 Å². The summed E-state index contributed by atoms with van der Waals surface area (Å²) in [6, 6.07) is 17.5. The summed E-state index contributed by atoms with van der Waals surface area (Å²) >= 11 is 0. The lowest BCUT2D eigenvalue weighted by Crippen LogP contribution is -2.35. The molecular formula is C16H16O5S. The number of hydrogen-bond donors (Lipinski definition) is 0. The van der Waals surface area contributed by atoms with Crippen LogP contribution in [-0.4, -0.2) is 27.7 Å². The van der Waals surface area contributed by atoms with Gasteiger partial charge in [0, 0.05) is 5.56 Å². The third kappa shape index (κ3) is 3.53. The van der Waals surface area contributed by atoms with Crippen LogP contribution in [0.3, 0.4) is 0 Å². The lowest BCUT2D eigenvalue weighted by Gasteiger charge is -2.29. The van der Waals surface area contributed by atoms with Gasteiger partial charge in [0.2, 0.25) is 0 Å². The van der Waals surface area contributed by atoms with Gasteiger partial charge in [0.15, 0.2) is 6.29 Å². The first-order valence-electron chi connectivity index (χ1n) is 6.92. The highest BCUT2D eigenvalue weighted by Gasteiger charge is 2.28. The molecule has 0 bridgehead atoms. The molecule has 6 heteroatoms. The van der Waals surface area contributed by atoms with Crippen molar-refractivity contribution in [3.63, 3.8) is 0 Å². The molecule has 2 aromatic carbocycles. The quantitative estimate of drug-likeness (QED) is 0.810. The maximum atomic E-state index is 12.1. The predicted octanol–water partition coefficient (Wildman–Crippen LogP) is 2.51. The Bertz CT molecular complexity index is 692. The van der Waals surface area contributed by atoms with E-state index in [1.54, 1.807) is 18.2 Å². The van der Waals surface area contributed by atoms with Gasteiger partial charge < -0.3 is 9.47 Å². The molecule has 5 nitrogen and oxygen atoms in total. The third-order valence-electron chi connectivity index (χ3n) is 3.23. The van der Waals surface area contributed by atoms with Gasteiger partial charge in [-0.1, -0.05) is 48.5 Å². The molecule has 0 atom stereocenters. The first-order valence-corrected chi connectivity index (χ1v) is 8.32. The van der Waals surface area contributed by atoms with Crippen molar-refractivity contribution in [1.29, 1.82) is 0 Å². The van der Waals surface area contributed by atoms with Crippen molar-refractivity contribution in [3.8, 4) is 0 Å². The summed E-state index contributed by atoms with van der Waals surface area (Å²) in [6.07, 6.45) is -1.13. The number of rotatable bonds is 4. The molecule has 1 aliphatic rings. The summed E-state index contributed by atoms with van der Waals surface area (Å²) in [6.45, 7) is 0.317. The Hall–Kier alpha value is -1.73. The molecule has 116 valence electrons. The van der Waals surface area contributed by atoms with E-state index in [1.165, 1.54) is 12.1 Å². The maximum Gasteiger partial charge on any atom is 0.297 e. The molecule has 22 heavy (non-hydrogen) atoms. The molecular weight excluding hydrogens is 304 g/mol. The highest BCUT2D eigenvalue weighted by Crippen LogP contribution is 2.25. The summed E-state index contributed by atoms with van der Waals surface area (Å²) in [5.74, 6) is 0. The second-order valence-corrected chi connectivity index (χ2v) is 6.47. The van der Waals surface area contributed by atoms with Crippen LogP contribution in [0.25, 0.3) is 0 Å². The van der Waals surface area contributed by atoms with Crippen LogP contribution in [0.1, 0.15) is 11.9 Å². The van der Waals surface area contributed by atoms with Crippen LogP contribution in [0.15, 0.2) is 65.6 Å². The standard InChI is InChI=1S/C16H16O5S/c17-22(18,15-9-5-2-6-10-15)21-14-11-19-16(20-12-14)13-7-3-1-4-8-13/h1-10,14,16H,11-12H2. The molecule has 0 saturated carbocycles. The van der Waals surface area contributed by atoms with E-state index >= 15 is 0 Å². The number of ether oxygens (including phenoxy) is 2. The van der Waals surface area contributed by atoms with E-state index in [2.05, 4.69) is 0 Å². The fourth-order valence-corrected chi connectivity index (χ4v) is 3.24. The fourth-order valence-electron chi connectivity index (χ4n) is 2.17. The summed E-state index contributed by atoms with van der Waals surface area (Å²) < 4.78 is 40.5. The Morgan fingerprint density at radius 3 is 2.00 bits per heavy atom. The minimum Gasteiger partial charge on any atom is -0.346 e. The lowest BCUT2D eigenvalue weighted by molar-refractivity contribution is -0.215. The zero-order valence-electron chi connectivity index (χ0n) is 11.8. The van der Waals surface area contributed by atoms with E-state index in [1.807, 2.05) is 30.3 Å². The van der Waals surface area contributed by atoms with Crippen LogP contribution in [-0.2, 0) is 23.8 Å². The van der Waals surface area contributed by atoms with Gasteiger partial charge in [-0.3, -0.25) is 4.18 Å². The van der Waals surface area contributed by atoms with E-state index in [0.29, 0.717) is 0 Å². The minimum absolute atomic E-state index is 0.125. The van der Waals surface area contributed by atoms with Crippen LogP contribution < -0.4 is 0 Å². The van der Waals surface area contributed by atoms with Gasteiger partial charge in [0.25, 0.3) is 10.1 Å². The van der Waals surface area contributed by atoms with Crippen LogP contribution in [0.2, 0.25) is 0 Å². The van der Waals surface area contributed by atoms with Crippen molar-refractivity contribution < 1.29 is 22.1 Å². The molecule has 0 amide bonds. The van der Waals surface area contributed by atoms with Gasteiger partial charge in [-0.15, -0.1) is 0 Å². The molecule has 1 heterocycles. The average molecular weight is 320 g/mol. The molecule has 0 aromatic heterocycles. The molecule has 3 rings (SSSR count). The SMILES string of the molecule is O=S(=O)(OC1COC(c2ccccc2)OC1)c1ccccc1. The van der Waals surface area contributed by atoms with E-state index < -0.39 is 22.5 Å². The average Bonchev–Trinajstić information content (AvgIpc) is 2.57. The predicted molar refractivity (Wildman–Crippen MR) is 79.6 cm³/mol. The Kier molecular flexibility index (Phi) is 4.54. The van der Waals surface area contributed by atoms with E-state index in [0.717, 1.165) is 5.56 Å². The Morgan fingerprint density at radius 1 is 0.864 bits per heavy atom. The van der Waals surface area contributed by atoms with Gasteiger partial charge in [0.05, 0.1) is 18.1 Å². The van der Waals surface area contributed by atoms with E-state index in [4.69, 9.17) is 13.7 Å². The molecule has 0 radical (unpaired) electrons. The van der Waals surface area contributed by atoms with Crippen LogP contribution in [0.5, 0.6) is 0 Å². The second-order valence-electron chi connectivity index (χ2n) is 4.89. The van der Waals surface area contributed by atoms with Crippen LogP contribution in [0, 0.1) is 0 Å². The largest absolute Gasteiger partial charge is 0.346 e. The molecule has 0 unspecified atom stereocenters. The monoisotopic (exact) mass is 320 g/mol. The lowest BCUT2D eigenvalue weighted by atomic mass is 10.2. The molecule has 2 aromatic rings. The normalized spacial score (nSPS) is 22.4. The van der Waals surface area contributed by atoms with Crippen molar-refractivity contribution in [2.75, 3.05) is 13.2 Å².